The highest BCUT2D eigenvalue weighted by atomic mass is 16.4. The molecule has 7 nitrogen and oxygen atoms in total. The van der Waals surface area contributed by atoms with Crippen LogP contribution in [0.3, 0.4) is 0 Å². The van der Waals surface area contributed by atoms with Gasteiger partial charge in [0.25, 0.3) is 5.91 Å². The van der Waals surface area contributed by atoms with Crippen LogP contribution in [0.4, 0.5) is 5.69 Å². The zero-order chi connectivity index (χ0) is 17.1. The highest BCUT2D eigenvalue weighted by Gasteiger charge is 2.32. The molecule has 126 valence electrons. The first kappa shape index (κ1) is 16.2. The van der Waals surface area contributed by atoms with Crippen molar-refractivity contribution in [3.63, 3.8) is 0 Å². The van der Waals surface area contributed by atoms with Gasteiger partial charge in [-0.15, -0.1) is 0 Å². The first-order valence-electron chi connectivity index (χ1n) is 8.04. The second-order valence-electron chi connectivity index (χ2n) is 6.02. The molecule has 3 rings (SSSR count). The molecule has 0 saturated carbocycles. The van der Waals surface area contributed by atoms with E-state index < -0.39 is 11.9 Å². The SMILES string of the molecule is O=C(O)[C@H]1CCCN(C(=O)C2=NN(c3ccccc3)C(=O)CC2)C1. The Hall–Kier alpha value is -2.70. The number of anilines is 1. The Morgan fingerprint density at radius 2 is 1.92 bits per heavy atom. The Balaban J connectivity index is 1.79. The number of likely N-dealkylation sites (tertiary alicyclic amines) is 1. The summed E-state index contributed by atoms with van der Waals surface area (Å²) in [6.45, 7) is 0.730. The van der Waals surface area contributed by atoms with Gasteiger partial charge in [0, 0.05) is 25.9 Å². The zero-order valence-electron chi connectivity index (χ0n) is 13.2. The normalized spacial score (nSPS) is 21.4. The average Bonchev–Trinajstić information content (AvgIpc) is 2.62. The fraction of sp³-hybridized carbons (Fsp3) is 0.412. The third kappa shape index (κ3) is 3.29. The Morgan fingerprint density at radius 1 is 1.17 bits per heavy atom. The summed E-state index contributed by atoms with van der Waals surface area (Å²) in [4.78, 5) is 37.5. The van der Waals surface area contributed by atoms with E-state index in [1.807, 2.05) is 6.07 Å². The minimum Gasteiger partial charge on any atom is -0.481 e. The molecule has 0 radical (unpaired) electrons. The fourth-order valence-electron chi connectivity index (χ4n) is 3.02. The number of hydrogen-bond donors (Lipinski definition) is 1. The topological polar surface area (TPSA) is 90.3 Å². The van der Waals surface area contributed by atoms with E-state index in [0.717, 1.165) is 0 Å². The Kier molecular flexibility index (Phi) is 4.59. The van der Waals surface area contributed by atoms with Crippen LogP contribution in [0.15, 0.2) is 35.4 Å². The summed E-state index contributed by atoms with van der Waals surface area (Å²) in [5.41, 5.74) is 0.930. The number of hydrazone groups is 1. The number of carboxylic acid groups (broad SMARTS) is 1. The number of carbonyl (C=O) groups is 3. The van der Waals surface area contributed by atoms with Crippen molar-refractivity contribution >= 4 is 29.2 Å². The number of nitrogens with zero attached hydrogens (tertiary/aromatic N) is 3. The van der Waals surface area contributed by atoms with E-state index in [9.17, 15) is 14.4 Å². The molecular formula is C17H19N3O4. The van der Waals surface area contributed by atoms with Crippen LogP contribution in [-0.4, -0.2) is 46.6 Å². The molecule has 7 heteroatoms. The molecule has 0 aromatic heterocycles. The molecule has 1 atom stereocenters. The molecule has 0 bridgehead atoms. The maximum Gasteiger partial charge on any atom is 0.308 e. The molecule has 2 aliphatic rings. The summed E-state index contributed by atoms with van der Waals surface area (Å²) in [6, 6.07) is 8.96. The summed E-state index contributed by atoms with van der Waals surface area (Å²) in [5.74, 6) is -1.83. The van der Waals surface area contributed by atoms with E-state index in [4.69, 9.17) is 5.11 Å². The van der Waals surface area contributed by atoms with Crippen LogP contribution in [0, 0.1) is 5.92 Å². The number of benzene rings is 1. The lowest BCUT2D eigenvalue weighted by atomic mass is 9.97. The van der Waals surface area contributed by atoms with Gasteiger partial charge in [-0.25, -0.2) is 5.01 Å². The van der Waals surface area contributed by atoms with Crippen molar-refractivity contribution in [1.29, 1.82) is 0 Å². The largest absolute Gasteiger partial charge is 0.481 e. The number of carboxylic acids is 1. The van der Waals surface area contributed by atoms with Gasteiger partial charge < -0.3 is 10.0 Å². The number of hydrogen-bond acceptors (Lipinski definition) is 4. The van der Waals surface area contributed by atoms with Crippen molar-refractivity contribution in [1.82, 2.24) is 4.90 Å². The van der Waals surface area contributed by atoms with Crippen LogP contribution in [0.5, 0.6) is 0 Å². The number of rotatable bonds is 3. The highest BCUT2D eigenvalue weighted by Crippen LogP contribution is 2.22. The van der Waals surface area contributed by atoms with Crippen molar-refractivity contribution in [3.8, 4) is 0 Å². The lowest BCUT2D eigenvalue weighted by Gasteiger charge is -2.32. The Morgan fingerprint density at radius 3 is 2.62 bits per heavy atom. The van der Waals surface area contributed by atoms with Crippen LogP contribution in [-0.2, 0) is 14.4 Å². The molecule has 2 amide bonds. The molecule has 0 spiro atoms. The molecular weight excluding hydrogens is 310 g/mol. The van der Waals surface area contributed by atoms with Gasteiger partial charge in [0.05, 0.1) is 11.6 Å². The molecule has 0 aliphatic carbocycles. The van der Waals surface area contributed by atoms with Crippen LogP contribution >= 0.6 is 0 Å². The summed E-state index contributed by atoms with van der Waals surface area (Å²) < 4.78 is 0. The lowest BCUT2D eigenvalue weighted by Crippen LogP contribution is -2.47. The van der Waals surface area contributed by atoms with Gasteiger partial charge in [-0.1, -0.05) is 18.2 Å². The van der Waals surface area contributed by atoms with Gasteiger partial charge in [0.2, 0.25) is 5.91 Å². The number of amides is 2. The van der Waals surface area contributed by atoms with E-state index in [0.29, 0.717) is 30.8 Å². The molecule has 1 aromatic carbocycles. The third-order valence-corrected chi connectivity index (χ3v) is 4.34. The number of carbonyl (C=O) groups excluding carboxylic acids is 2. The quantitative estimate of drug-likeness (QED) is 0.910. The molecule has 24 heavy (non-hydrogen) atoms. The molecule has 1 aromatic rings. The van der Waals surface area contributed by atoms with Crippen molar-refractivity contribution < 1.29 is 19.5 Å². The highest BCUT2D eigenvalue weighted by molar-refractivity contribution is 6.40. The monoisotopic (exact) mass is 329 g/mol. The van der Waals surface area contributed by atoms with Gasteiger partial charge in [-0.05, 0) is 25.0 Å². The first-order chi connectivity index (χ1) is 11.6. The van der Waals surface area contributed by atoms with Crippen molar-refractivity contribution in [2.75, 3.05) is 18.1 Å². The summed E-state index contributed by atoms with van der Waals surface area (Å²) in [6.07, 6.45) is 1.75. The Labute approximate surface area is 139 Å². The van der Waals surface area contributed by atoms with Crippen molar-refractivity contribution in [3.05, 3.63) is 30.3 Å². The van der Waals surface area contributed by atoms with Crippen LogP contribution in [0.2, 0.25) is 0 Å². The maximum atomic E-state index is 12.7. The van der Waals surface area contributed by atoms with E-state index in [2.05, 4.69) is 5.10 Å². The second-order valence-corrected chi connectivity index (χ2v) is 6.02. The third-order valence-electron chi connectivity index (χ3n) is 4.34. The maximum absolute atomic E-state index is 12.7. The predicted octanol–water partition coefficient (Wildman–Crippen LogP) is 1.49. The summed E-state index contributed by atoms with van der Waals surface area (Å²) in [7, 11) is 0. The number of para-hydroxylation sites is 1. The standard InChI is InChI=1S/C17H19N3O4/c21-15-9-8-14(18-20(15)13-6-2-1-3-7-13)16(22)19-10-4-5-12(11-19)17(23)24/h1-3,6-7,12H,4-5,8-11H2,(H,23,24)/t12-/m0/s1. The molecule has 1 saturated heterocycles. The lowest BCUT2D eigenvalue weighted by molar-refractivity contribution is -0.144. The molecule has 2 aliphatic heterocycles. The molecule has 0 unspecified atom stereocenters. The average molecular weight is 329 g/mol. The smallest absolute Gasteiger partial charge is 0.308 e. The first-order valence-corrected chi connectivity index (χ1v) is 8.04. The molecule has 1 fully saturated rings. The Bertz CT molecular complexity index is 686. The summed E-state index contributed by atoms with van der Waals surface area (Å²) >= 11 is 0. The minimum absolute atomic E-state index is 0.153. The van der Waals surface area contributed by atoms with Gasteiger partial charge >= 0.3 is 5.97 Å². The second kappa shape index (κ2) is 6.82. The number of aliphatic carboxylic acids is 1. The van der Waals surface area contributed by atoms with Gasteiger partial charge in [-0.2, -0.15) is 5.10 Å². The molecule has 2 heterocycles. The van der Waals surface area contributed by atoms with Crippen LogP contribution < -0.4 is 5.01 Å². The van der Waals surface area contributed by atoms with Crippen LogP contribution in [0.25, 0.3) is 0 Å². The van der Waals surface area contributed by atoms with Gasteiger partial charge in [0.1, 0.15) is 5.71 Å². The predicted molar refractivity (Wildman–Crippen MR) is 87.5 cm³/mol. The van der Waals surface area contributed by atoms with Crippen LogP contribution in [0.1, 0.15) is 25.7 Å². The van der Waals surface area contributed by atoms with E-state index in [1.54, 1.807) is 29.2 Å². The van der Waals surface area contributed by atoms with E-state index >= 15 is 0 Å². The van der Waals surface area contributed by atoms with Gasteiger partial charge in [0.15, 0.2) is 0 Å². The fourth-order valence-corrected chi connectivity index (χ4v) is 3.02. The number of piperidine rings is 1. The van der Waals surface area contributed by atoms with Crippen molar-refractivity contribution in [2.45, 2.75) is 25.7 Å². The summed E-state index contributed by atoms with van der Waals surface area (Å²) in [5, 5.41) is 14.7. The molecule has 1 N–H and O–H groups in total. The van der Waals surface area contributed by atoms with Gasteiger partial charge in [-0.3, -0.25) is 14.4 Å². The minimum atomic E-state index is -0.876. The van der Waals surface area contributed by atoms with Crippen molar-refractivity contribution in [2.24, 2.45) is 11.0 Å². The van der Waals surface area contributed by atoms with E-state index in [-0.39, 0.29) is 31.2 Å². The van der Waals surface area contributed by atoms with E-state index in [1.165, 1.54) is 5.01 Å². The zero-order valence-corrected chi connectivity index (χ0v) is 13.2.